The van der Waals surface area contributed by atoms with Gasteiger partial charge in [0.1, 0.15) is 0 Å². The van der Waals surface area contributed by atoms with Crippen LogP contribution in [0.25, 0.3) is 0 Å². The van der Waals surface area contributed by atoms with Crippen LogP contribution in [0, 0.1) is 0 Å². The lowest BCUT2D eigenvalue weighted by atomic mass is 10.1. The van der Waals surface area contributed by atoms with E-state index >= 15 is 0 Å². The van der Waals surface area contributed by atoms with Gasteiger partial charge in [-0.15, -0.1) is 11.3 Å². The Balaban J connectivity index is 2.52. The summed E-state index contributed by atoms with van der Waals surface area (Å²) in [6.07, 6.45) is 0. The maximum atomic E-state index is 12.0. The average molecular weight is 226 g/mol. The number of hydrogen-bond acceptors (Lipinski definition) is 3. The molecule has 0 aliphatic carbocycles. The summed E-state index contributed by atoms with van der Waals surface area (Å²) in [6.45, 7) is 3.55. The van der Waals surface area contributed by atoms with E-state index in [-0.39, 0.29) is 11.8 Å². The molecule has 1 heterocycles. The minimum Gasteiger partial charge on any atom is -0.344 e. The lowest BCUT2D eigenvalue weighted by Gasteiger charge is -2.20. The number of amides is 1. The second-order valence-electron chi connectivity index (χ2n) is 3.60. The van der Waals surface area contributed by atoms with Crippen LogP contribution in [0.4, 0.5) is 0 Å². The first-order valence-corrected chi connectivity index (χ1v) is 5.97. The molecule has 15 heavy (non-hydrogen) atoms. The Morgan fingerprint density at radius 1 is 1.67 bits per heavy atom. The summed E-state index contributed by atoms with van der Waals surface area (Å²) in [5.41, 5.74) is 0. The van der Waals surface area contributed by atoms with Gasteiger partial charge in [0.2, 0.25) is 5.91 Å². The van der Waals surface area contributed by atoms with Crippen LogP contribution < -0.4 is 5.32 Å². The molecule has 0 bridgehead atoms. The topological polar surface area (TPSA) is 32.3 Å². The van der Waals surface area contributed by atoms with Crippen molar-refractivity contribution in [3.05, 3.63) is 22.4 Å². The summed E-state index contributed by atoms with van der Waals surface area (Å²) >= 11 is 1.64. The molecular formula is C11H18N2OS. The van der Waals surface area contributed by atoms with Crippen LogP contribution in [0.15, 0.2) is 17.5 Å². The number of nitrogens with zero attached hydrogens (tertiary/aromatic N) is 1. The molecule has 0 aliphatic rings. The van der Waals surface area contributed by atoms with Crippen LogP contribution in [-0.2, 0) is 4.79 Å². The molecular weight excluding hydrogens is 208 g/mol. The molecule has 1 rings (SSSR count). The lowest BCUT2D eigenvalue weighted by Crippen LogP contribution is -2.35. The van der Waals surface area contributed by atoms with Gasteiger partial charge in [0.25, 0.3) is 0 Å². The monoisotopic (exact) mass is 226 g/mol. The molecule has 3 nitrogen and oxygen atoms in total. The Labute approximate surface area is 95.1 Å². The third kappa shape index (κ3) is 3.32. The van der Waals surface area contributed by atoms with Crippen molar-refractivity contribution < 1.29 is 4.79 Å². The molecule has 4 heteroatoms. The summed E-state index contributed by atoms with van der Waals surface area (Å²) in [5, 5.41) is 5.04. The van der Waals surface area contributed by atoms with E-state index in [1.165, 1.54) is 0 Å². The fraction of sp³-hybridized carbons (Fsp3) is 0.545. The maximum absolute atomic E-state index is 12.0. The van der Waals surface area contributed by atoms with Gasteiger partial charge in [-0.3, -0.25) is 4.79 Å². The van der Waals surface area contributed by atoms with E-state index in [4.69, 9.17) is 0 Å². The third-order valence-electron chi connectivity index (χ3n) is 2.41. The second kappa shape index (κ2) is 5.88. The van der Waals surface area contributed by atoms with Crippen molar-refractivity contribution in [1.82, 2.24) is 10.2 Å². The highest BCUT2D eigenvalue weighted by Gasteiger charge is 2.19. The molecule has 1 atom stereocenters. The molecule has 1 N–H and O–H groups in total. The molecule has 84 valence electrons. The van der Waals surface area contributed by atoms with E-state index < -0.39 is 0 Å². The summed E-state index contributed by atoms with van der Waals surface area (Å²) in [7, 11) is 3.74. The largest absolute Gasteiger partial charge is 0.344 e. The van der Waals surface area contributed by atoms with Gasteiger partial charge in [-0.05, 0) is 25.4 Å². The maximum Gasteiger partial charge on any atom is 0.230 e. The molecule has 0 fully saturated rings. The van der Waals surface area contributed by atoms with Crippen molar-refractivity contribution in [1.29, 1.82) is 0 Å². The molecule has 0 radical (unpaired) electrons. The van der Waals surface area contributed by atoms with Crippen LogP contribution >= 0.6 is 11.3 Å². The zero-order valence-corrected chi connectivity index (χ0v) is 10.3. The van der Waals surface area contributed by atoms with Crippen LogP contribution in [0.3, 0.4) is 0 Å². The van der Waals surface area contributed by atoms with Gasteiger partial charge in [0.15, 0.2) is 0 Å². The van der Waals surface area contributed by atoms with Gasteiger partial charge in [0, 0.05) is 25.0 Å². The molecule has 1 unspecified atom stereocenters. The van der Waals surface area contributed by atoms with E-state index in [0.29, 0.717) is 0 Å². The molecule has 0 saturated heterocycles. The number of thiophene rings is 1. The Hall–Kier alpha value is -0.870. The molecule has 0 spiro atoms. The normalized spacial score (nSPS) is 12.5. The highest BCUT2D eigenvalue weighted by atomic mass is 32.1. The number of likely N-dealkylation sites (N-methyl/N-ethyl adjacent to an activating group) is 2. The molecule has 0 aliphatic heterocycles. The van der Waals surface area contributed by atoms with Crippen molar-refractivity contribution in [2.45, 2.75) is 12.8 Å². The van der Waals surface area contributed by atoms with E-state index in [2.05, 4.69) is 5.32 Å². The highest BCUT2D eigenvalue weighted by Crippen LogP contribution is 2.22. The molecule has 1 amide bonds. The fourth-order valence-electron chi connectivity index (χ4n) is 1.38. The summed E-state index contributed by atoms with van der Waals surface area (Å²) in [4.78, 5) is 14.9. The Kier molecular flexibility index (Phi) is 4.78. The average Bonchev–Trinajstić information content (AvgIpc) is 2.77. The van der Waals surface area contributed by atoms with Crippen molar-refractivity contribution in [2.24, 2.45) is 0 Å². The van der Waals surface area contributed by atoms with Crippen LogP contribution in [-0.4, -0.2) is 38.0 Å². The van der Waals surface area contributed by atoms with Crippen LogP contribution in [0.5, 0.6) is 0 Å². The first-order chi connectivity index (χ1) is 7.16. The zero-order valence-electron chi connectivity index (χ0n) is 9.49. The van der Waals surface area contributed by atoms with Crippen molar-refractivity contribution in [3.8, 4) is 0 Å². The Morgan fingerprint density at radius 2 is 2.40 bits per heavy atom. The van der Waals surface area contributed by atoms with E-state index in [1.807, 2.05) is 38.5 Å². The van der Waals surface area contributed by atoms with E-state index in [0.717, 1.165) is 18.0 Å². The third-order valence-corrected chi connectivity index (χ3v) is 3.47. The minimum atomic E-state index is -0.0214. The quantitative estimate of drug-likeness (QED) is 0.826. The number of carbonyl (C=O) groups excluding carboxylic acids is 1. The SMILES string of the molecule is CNCCN(C)C(=O)C(C)c1cccs1. The smallest absolute Gasteiger partial charge is 0.230 e. The number of carbonyl (C=O) groups is 1. The second-order valence-corrected chi connectivity index (χ2v) is 4.58. The van der Waals surface area contributed by atoms with E-state index in [1.54, 1.807) is 16.2 Å². The first kappa shape index (κ1) is 12.2. The van der Waals surface area contributed by atoms with Gasteiger partial charge in [-0.25, -0.2) is 0 Å². The van der Waals surface area contributed by atoms with Crippen LogP contribution in [0.1, 0.15) is 17.7 Å². The van der Waals surface area contributed by atoms with Crippen molar-refractivity contribution >= 4 is 17.2 Å². The van der Waals surface area contributed by atoms with Crippen molar-refractivity contribution in [3.63, 3.8) is 0 Å². The number of rotatable bonds is 5. The first-order valence-electron chi connectivity index (χ1n) is 5.09. The molecule has 1 aromatic rings. The number of nitrogens with one attached hydrogen (secondary N) is 1. The fourth-order valence-corrected chi connectivity index (χ4v) is 2.16. The minimum absolute atomic E-state index is 0.0214. The predicted octanol–water partition coefficient (Wildman–Crippen LogP) is 1.53. The highest BCUT2D eigenvalue weighted by molar-refractivity contribution is 7.10. The number of hydrogen-bond donors (Lipinski definition) is 1. The zero-order chi connectivity index (χ0) is 11.3. The van der Waals surface area contributed by atoms with E-state index in [9.17, 15) is 4.79 Å². The molecule has 0 aromatic carbocycles. The summed E-state index contributed by atoms with van der Waals surface area (Å²) in [5.74, 6) is 0.166. The summed E-state index contributed by atoms with van der Waals surface area (Å²) in [6, 6.07) is 4.00. The van der Waals surface area contributed by atoms with Gasteiger partial charge < -0.3 is 10.2 Å². The lowest BCUT2D eigenvalue weighted by molar-refractivity contribution is -0.131. The van der Waals surface area contributed by atoms with Crippen molar-refractivity contribution in [2.75, 3.05) is 27.2 Å². The Bertz CT molecular complexity index is 298. The summed E-state index contributed by atoms with van der Waals surface area (Å²) < 4.78 is 0. The van der Waals surface area contributed by atoms with Gasteiger partial charge >= 0.3 is 0 Å². The molecule has 1 aromatic heterocycles. The Morgan fingerprint density at radius 3 is 2.93 bits per heavy atom. The van der Waals surface area contributed by atoms with Gasteiger partial charge in [-0.1, -0.05) is 6.07 Å². The standard InChI is InChI=1S/C11H18N2OS/c1-9(10-5-4-8-15-10)11(14)13(3)7-6-12-2/h4-5,8-9,12H,6-7H2,1-3H3. The van der Waals surface area contributed by atoms with Crippen LogP contribution in [0.2, 0.25) is 0 Å². The van der Waals surface area contributed by atoms with Gasteiger partial charge in [-0.2, -0.15) is 0 Å². The predicted molar refractivity (Wildman–Crippen MR) is 64.3 cm³/mol. The molecule has 0 saturated carbocycles. The van der Waals surface area contributed by atoms with Gasteiger partial charge in [0.05, 0.1) is 5.92 Å².